The Labute approximate surface area is 457 Å². The van der Waals surface area contributed by atoms with E-state index < -0.39 is 59.6 Å². The van der Waals surface area contributed by atoms with Gasteiger partial charge in [0.1, 0.15) is 104 Å². The molecule has 79 heavy (non-hydrogen) atoms. The Morgan fingerprint density at radius 1 is 0.456 bits per heavy atom. The summed E-state index contributed by atoms with van der Waals surface area (Å²) in [4.78, 5) is 61.8. The number of carbonyl (C=O) groups excluding carboxylic acids is 3. The second kappa shape index (κ2) is 21.8. The summed E-state index contributed by atoms with van der Waals surface area (Å²) in [6.07, 6.45) is -7.16. The van der Waals surface area contributed by atoms with Crippen LogP contribution in [0.5, 0.6) is 0 Å². The van der Waals surface area contributed by atoms with Gasteiger partial charge in [-0.15, -0.1) is 0 Å². The first kappa shape index (κ1) is 54.0. The van der Waals surface area contributed by atoms with Gasteiger partial charge in [0.25, 0.3) is 0 Å². The normalized spacial score (nSPS) is 16.0. The van der Waals surface area contributed by atoms with Crippen molar-refractivity contribution in [2.75, 3.05) is 0 Å². The SMILES string of the molecule is Cc1ccc(-c2nc(Cl)nc3c2C(=O)OC3Cc2ccc(F)cc2F)o1.Cc1ccc(-c2nc(Cl)nc3c2C(=O)OC3Cc2ccccc2C(F)(F)F)o1.Cc1ccc(-c2nc(Cl)nc3c2C(=O)OC3Cc2ccccc2F)o1. The third-order valence-corrected chi connectivity index (χ3v) is 12.9. The van der Waals surface area contributed by atoms with E-state index in [1.165, 1.54) is 30.3 Å². The molecule has 9 aromatic rings. The summed E-state index contributed by atoms with van der Waals surface area (Å²) in [6, 6.07) is 24.8. The van der Waals surface area contributed by atoms with Crippen LogP contribution in [0, 0.1) is 38.2 Å². The first-order chi connectivity index (χ1) is 37.7. The summed E-state index contributed by atoms with van der Waals surface area (Å²) in [7, 11) is 0. The molecule has 0 radical (unpaired) electrons. The highest BCUT2D eigenvalue weighted by Crippen LogP contribution is 2.43. The van der Waals surface area contributed by atoms with Crippen LogP contribution in [0.3, 0.4) is 0 Å². The molecule has 0 N–H and O–H groups in total. The maximum absolute atomic E-state index is 13.9. The van der Waals surface area contributed by atoms with Crippen molar-refractivity contribution in [2.45, 2.75) is 64.5 Å². The number of hydrogen-bond acceptors (Lipinski definition) is 15. The van der Waals surface area contributed by atoms with E-state index >= 15 is 0 Å². The molecule has 402 valence electrons. The van der Waals surface area contributed by atoms with Gasteiger partial charge in [0.15, 0.2) is 17.3 Å². The van der Waals surface area contributed by atoms with Crippen molar-refractivity contribution in [1.82, 2.24) is 29.9 Å². The molecule has 0 spiro atoms. The van der Waals surface area contributed by atoms with Crippen LogP contribution >= 0.6 is 34.8 Å². The van der Waals surface area contributed by atoms with Gasteiger partial charge in [-0.1, -0.05) is 42.5 Å². The van der Waals surface area contributed by atoms with Gasteiger partial charge in [-0.2, -0.15) is 13.2 Å². The van der Waals surface area contributed by atoms with Crippen molar-refractivity contribution >= 4 is 52.7 Å². The van der Waals surface area contributed by atoms with E-state index in [-0.39, 0.29) is 97.2 Å². The molecule has 24 heteroatoms. The molecular weight excluding hydrogens is 1110 g/mol. The molecule has 0 amide bonds. The number of halogens is 9. The number of aryl methyl sites for hydroxylation is 3. The van der Waals surface area contributed by atoms with Crippen LogP contribution in [0.2, 0.25) is 15.9 Å². The number of benzene rings is 3. The van der Waals surface area contributed by atoms with Crippen molar-refractivity contribution in [3.63, 3.8) is 0 Å². The first-order valence-electron chi connectivity index (χ1n) is 23.6. The Bertz CT molecular complexity index is 3890. The van der Waals surface area contributed by atoms with Crippen LogP contribution in [0.25, 0.3) is 34.4 Å². The second-order valence-electron chi connectivity index (χ2n) is 17.8. The van der Waals surface area contributed by atoms with Crippen LogP contribution in [-0.4, -0.2) is 47.8 Å². The Balaban J connectivity index is 0.000000134. The lowest BCUT2D eigenvalue weighted by Crippen LogP contribution is -2.12. The van der Waals surface area contributed by atoms with Crippen LogP contribution in [-0.2, 0) is 39.6 Å². The smallest absolute Gasteiger partial charge is 0.416 e. The predicted molar refractivity (Wildman–Crippen MR) is 268 cm³/mol. The Kier molecular flexibility index (Phi) is 14.9. The number of ether oxygens (including phenoxy) is 3. The van der Waals surface area contributed by atoms with Crippen molar-refractivity contribution in [3.8, 4) is 34.4 Å². The van der Waals surface area contributed by atoms with Gasteiger partial charge in [0.2, 0.25) is 15.9 Å². The summed E-state index contributed by atoms with van der Waals surface area (Å²) >= 11 is 18.0. The van der Waals surface area contributed by atoms with Gasteiger partial charge in [0, 0.05) is 25.3 Å². The highest BCUT2D eigenvalue weighted by atomic mass is 35.5. The fraction of sp³-hybridized carbons (Fsp3) is 0.182. The average molecular weight is 1140 g/mol. The van der Waals surface area contributed by atoms with Crippen LogP contribution in [0.1, 0.15) is 106 Å². The van der Waals surface area contributed by atoms with Gasteiger partial charge >= 0.3 is 24.1 Å². The van der Waals surface area contributed by atoms with Gasteiger partial charge in [-0.3, -0.25) is 0 Å². The molecule has 15 nitrogen and oxygen atoms in total. The highest BCUT2D eigenvalue weighted by molar-refractivity contribution is 6.29. The standard InChI is InChI=1S/C19H12ClF3N2O3.C18H11ClF2N2O3.C18H12ClFN2O3/c1-9-6-7-12(27-9)15-14-16(25-18(20)24-15)13(28-17(14)26)8-10-4-2-3-5-11(10)19(21,22)23;1-8-2-5-12(25-8)15-14-16(23-18(19)22-15)13(26-17(14)24)6-9-3-4-10(20)7-11(9)21;1-9-6-7-12(24-9)15-14-16(22-18(19)21-15)13(25-17(14)23)8-10-4-2-3-5-11(10)20/h2-7,13H,8H2,1H3;2-5,7,13H,6H2,1H3;2-7,13H,8H2,1H3. The number of nitrogens with zero attached hydrogens (tertiary/aromatic N) is 6. The van der Waals surface area contributed by atoms with Gasteiger partial charge in [-0.25, -0.2) is 57.5 Å². The van der Waals surface area contributed by atoms with Crippen molar-refractivity contribution < 1.29 is 68.2 Å². The molecule has 0 saturated carbocycles. The van der Waals surface area contributed by atoms with Crippen LogP contribution < -0.4 is 0 Å². The average Bonchev–Trinajstić information content (AvgIpc) is 4.46. The molecule has 3 aliphatic heterocycles. The zero-order valence-electron chi connectivity index (χ0n) is 40.9. The summed E-state index contributed by atoms with van der Waals surface area (Å²) in [5.41, 5.74) is 1.62. The lowest BCUT2D eigenvalue weighted by Gasteiger charge is -2.15. The Morgan fingerprint density at radius 3 is 1.19 bits per heavy atom. The van der Waals surface area contributed by atoms with E-state index in [0.29, 0.717) is 45.8 Å². The number of rotatable bonds is 9. The monoisotopic (exact) mass is 1140 g/mol. The van der Waals surface area contributed by atoms with E-state index in [4.69, 9.17) is 62.3 Å². The lowest BCUT2D eigenvalue weighted by molar-refractivity contribution is -0.138. The molecule has 0 aliphatic carbocycles. The van der Waals surface area contributed by atoms with E-state index in [2.05, 4.69) is 29.9 Å². The largest absolute Gasteiger partial charge is 0.460 e. The number of aromatic nitrogens is 6. The minimum atomic E-state index is -4.53. The van der Waals surface area contributed by atoms with E-state index in [9.17, 15) is 40.7 Å². The number of carbonyl (C=O) groups is 3. The molecular formula is C55H35Cl3F6N6O9. The number of hydrogen-bond donors (Lipinski definition) is 0. The highest BCUT2D eigenvalue weighted by Gasteiger charge is 2.42. The quantitative estimate of drug-likeness (QED) is 0.0572. The Hall–Kier alpha value is -8.40. The van der Waals surface area contributed by atoms with Gasteiger partial charge < -0.3 is 27.5 Å². The van der Waals surface area contributed by atoms with Crippen molar-refractivity contribution in [3.05, 3.63) is 210 Å². The lowest BCUT2D eigenvalue weighted by atomic mass is 9.98. The van der Waals surface area contributed by atoms with Gasteiger partial charge in [-0.05, 0) is 127 Å². The number of fused-ring (bicyclic) bond motifs is 3. The summed E-state index contributed by atoms with van der Waals surface area (Å²) in [6.45, 7) is 5.26. The molecule has 0 fully saturated rings. The molecule has 3 aliphatic rings. The third kappa shape index (κ3) is 11.3. The number of alkyl halides is 3. The second-order valence-corrected chi connectivity index (χ2v) is 18.8. The zero-order chi connectivity index (χ0) is 56.0. The van der Waals surface area contributed by atoms with E-state index in [1.54, 1.807) is 75.4 Å². The molecule has 3 unspecified atom stereocenters. The number of cyclic esters (lactones) is 3. The number of furan rings is 3. The van der Waals surface area contributed by atoms with Crippen LogP contribution in [0.15, 0.2) is 116 Å². The maximum Gasteiger partial charge on any atom is 0.416 e. The van der Waals surface area contributed by atoms with Gasteiger partial charge in [0.05, 0.1) is 5.56 Å². The molecule has 0 bridgehead atoms. The third-order valence-electron chi connectivity index (χ3n) is 12.4. The molecule has 3 aromatic carbocycles. The zero-order valence-corrected chi connectivity index (χ0v) is 43.2. The minimum Gasteiger partial charge on any atom is -0.460 e. The van der Waals surface area contributed by atoms with E-state index in [0.717, 1.165) is 18.2 Å². The maximum atomic E-state index is 13.9. The topological polar surface area (TPSA) is 196 Å². The summed E-state index contributed by atoms with van der Waals surface area (Å²) in [5.74, 6) is -0.758. The predicted octanol–water partition coefficient (Wildman–Crippen LogP) is 13.9. The molecule has 0 saturated heterocycles. The van der Waals surface area contributed by atoms with E-state index in [1.807, 2.05) is 0 Å². The fourth-order valence-electron chi connectivity index (χ4n) is 8.94. The summed E-state index contributed by atoms with van der Waals surface area (Å²) in [5, 5.41) is -0.273. The molecule has 12 rings (SSSR count). The molecule has 3 atom stereocenters. The van der Waals surface area contributed by atoms with Crippen LogP contribution in [0.4, 0.5) is 26.3 Å². The fourth-order valence-corrected chi connectivity index (χ4v) is 9.47. The van der Waals surface area contributed by atoms with Crippen molar-refractivity contribution in [2.24, 2.45) is 0 Å². The minimum absolute atomic E-state index is 0.00514. The number of esters is 3. The molecule has 9 heterocycles. The molecule has 6 aromatic heterocycles. The van der Waals surface area contributed by atoms with Crippen molar-refractivity contribution in [1.29, 1.82) is 0 Å². The summed E-state index contributed by atoms with van der Waals surface area (Å²) < 4.78 is 113. The Morgan fingerprint density at radius 2 is 0.823 bits per heavy atom. The first-order valence-corrected chi connectivity index (χ1v) is 24.7.